The minimum atomic E-state index is -0.173. The molecule has 2 fully saturated rings. The van der Waals surface area contributed by atoms with Gasteiger partial charge in [-0.15, -0.1) is 11.3 Å². The van der Waals surface area contributed by atoms with E-state index in [1.54, 1.807) is 4.90 Å². The van der Waals surface area contributed by atoms with E-state index in [0.29, 0.717) is 11.7 Å². The van der Waals surface area contributed by atoms with E-state index in [1.165, 1.54) is 11.3 Å². The number of ether oxygens (including phenoxy) is 1. The Bertz CT molecular complexity index is 609. The summed E-state index contributed by atoms with van der Waals surface area (Å²) in [4.78, 5) is 33.6. The van der Waals surface area contributed by atoms with Crippen molar-refractivity contribution < 1.29 is 14.3 Å². The first-order chi connectivity index (χ1) is 12.6. The molecule has 1 saturated heterocycles. The number of rotatable bonds is 7. The molecule has 2 heterocycles. The maximum Gasteiger partial charge on any atom is 0.245 e. The van der Waals surface area contributed by atoms with Crippen LogP contribution in [0.5, 0.6) is 0 Å². The van der Waals surface area contributed by atoms with E-state index in [9.17, 15) is 9.59 Å². The normalized spacial score (nSPS) is 18.8. The fourth-order valence-corrected chi connectivity index (χ4v) is 4.23. The number of carbonyl (C=O) groups is 2. The standard InChI is InChI=1S/C18H28N4O3S/c1-14-13-26-18(19-14)20-16(23)12-22(17(24)15-4-2-3-5-15)7-6-21-8-10-25-11-9-21/h13,15H,2-12H2,1H3,(H,19,20,23). The fourth-order valence-electron chi connectivity index (χ4n) is 3.53. The smallest absolute Gasteiger partial charge is 0.245 e. The van der Waals surface area contributed by atoms with Crippen LogP contribution in [0.25, 0.3) is 0 Å². The maximum absolute atomic E-state index is 12.9. The summed E-state index contributed by atoms with van der Waals surface area (Å²) < 4.78 is 5.38. The van der Waals surface area contributed by atoms with Crippen molar-refractivity contribution in [2.24, 2.45) is 5.92 Å². The summed E-state index contributed by atoms with van der Waals surface area (Å²) in [6.45, 7) is 6.60. The summed E-state index contributed by atoms with van der Waals surface area (Å²) in [6, 6.07) is 0. The van der Waals surface area contributed by atoms with E-state index in [-0.39, 0.29) is 24.3 Å². The molecule has 2 aliphatic rings. The molecule has 0 spiro atoms. The highest BCUT2D eigenvalue weighted by Gasteiger charge is 2.29. The zero-order valence-electron chi connectivity index (χ0n) is 15.4. The number of hydrogen-bond acceptors (Lipinski definition) is 6. The van der Waals surface area contributed by atoms with Crippen LogP contribution in [0, 0.1) is 12.8 Å². The zero-order valence-corrected chi connectivity index (χ0v) is 16.2. The van der Waals surface area contributed by atoms with Crippen molar-refractivity contribution in [2.45, 2.75) is 32.6 Å². The van der Waals surface area contributed by atoms with Crippen LogP contribution < -0.4 is 5.32 Å². The first kappa shape index (κ1) is 19.3. The van der Waals surface area contributed by atoms with Crippen molar-refractivity contribution >= 4 is 28.3 Å². The second-order valence-electron chi connectivity index (χ2n) is 7.04. The van der Waals surface area contributed by atoms with Crippen LogP contribution in [0.4, 0.5) is 5.13 Å². The second-order valence-corrected chi connectivity index (χ2v) is 7.90. The Morgan fingerprint density at radius 2 is 2.08 bits per heavy atom. The Morgan fingerprint density at radius 3 is 2.73 bits per heavy atom. The lowest BCUT2D eigenvalue weighted by atomic mass is 10.1. The number of amides is 2. The van der Waals surface area contributed by atoms with Gasteiger partial charge in [0.25, 0.3) is 0 Å². The summed E-state index contributed by atoms with van der Waals surface area (Å²) in [6.07, 6.45) is 4.11. The molecule has 8 heteroatoms. The van der Waals surface area contributed by atoms with Crippen LogP contribution in [0.1, 0.15) is 31.4 Å². The number of hydrogen-bond donors (Lipinski definition) is 1. The molecule has 144 valence electrons. The number of morpholine rings is 1. The third-order valence-electron chi connectivity index (χ3n) is 5.01. The lowest BCUT2D eigenvalue weighted by molar-refractivity contribution is -0.138. The third kappa shape index (κ3) is 5.49. The molecule has 0 atom stereocenters. The predicted octanol–water partition coefficient (Wildman–Crippen LogP) is 1.74. The van der Waals surface area contributed by atoms with Gasteiger partial charge in [-0.2, -0.15) is 0 Å². The molecular formula is C18H28N4O3S. The summed E-state index contributed by atoms with van der Waals surface area (Å²) >= 11 is 1.41. The average molecular weight is 381 g/mol. The Kier molecular flexibility index (Phi) is 6.99. The molecule has 1 aromatic rings. The number of nitrogens with zero attached hydrogens (tertiary/aromatic N) is 3. The average Bonchev–Trinajstić information content (AvgIpc) is 3.31. The van der Waals surface area contributed by atoms with Crippen LogP contribution >= 0.6 is 11.3 Å². The van der Waals surface area contributed by atoms with Gasteiger partial charge in [-0.1, -0.05) is 12.8 Å². The quantitative estimate of drug-likeness (QED) is 0.780. The molecule has 0 radical (unpaired) electrons. The molecule has 1 aliphatic heterocycles. The summed E-state index contributed by atoms with van der Waals surface area (Å²) in [5, 5.41) is 5.31. The molecule has 26 heavy (non-hydrogen) atoms. The molecule has 0 unspecified atom stereocenters. The van der Waals surface area contributed by atoms with Gasteiger partial charge in [0, 0.05) is 37.5 Å². The van der Waals surface area contributed by atoms with Crippen molar-refractivity contribution in [1.82, 2.24) is 14.8 Å². The van der Waals surface area contributed by atoms with E-state index in [0.717, 1.165) is 64.2 Å². The lowest BCUT2D eigenvalue weighted by Gasteiger charge is -2.31. The highest BCUT2D eigenvalue weighted by Crippen LogP contribution is 2.26. The number of aromatic nitrogens is 1. The number of carbonyl (C=O) groups excluding carboxylic acids is 2. The Labute approximate surface area is 158 Å². The van der Waals surface area contributed by atoms with E-state index in [1.807, 2.05) is 12.3 Å². The minimum absolute atomic E-state index is 0.0783. The van der Waals surface area contributed by atoms with Crippen molar-refractivity contribution in [3.8, 4) is 0 Å². The molecule has 7 nitrogen and oxygen atoms in total. The highest BCUT2D eigenvalue weighted by atomic mass is 32.1. The van der Waals surface area contributed by atoms with Gasteiger partial charge in [0.05, 0.1) is 25.5 Å². The van der Waals surface area contributed by atoms with Gasteiger partial charge in [0.1, 0.15) is 0 Å². The summed E-state index contributed by atoms with van der Waals surface area (Å²) in [7, 11) is 0. The largest absolute Gasteiger partial charge is 0.379 e. The van der Waals surface area contributed by atoms with Gasteiger partial charge >= 0.3 is 0 Å². The monoisotopic (exact) mass is 380 g/mol. The van der Waals surface area contributed by atoms with Crippen molar-refractivity contribution in [2.75, 3.05) is 51.3 Å². The van der Waals surface area contributed by atoms with Crippen molar-refractivity contribution in [3.05, 3.63) is 11.1 Å². The van der Waals surface area contributed by atoms with Crippen LogP contribution in [-0.2, 0) is 14.3 Å². The van der Waals surface area contributed by atoms with E-state index >= 15 is 0 Å². The SMILES string of the molecule is Cc1csc(NC(=O)CN(CCN2CCOCC2)C(=O)C2CCCC2)n1. The van der Waals surface area contributed by atoms with E-state index in [4.69, 9.17) is 4.74 Å². The van der Waals surface area contributed by atoms with Crippen LogP contribution in [0.15, 0.2) is 5.38 Å². The van der Waals surface area contributed by atoms with Crippen LogP contribution in [0.2, 0.25) is 0 Å². The molecule has 1 aromatic heterocycles. The molecule has 2 amide bonds. The molecular weight excluding hydrogens is 352 g/mol. The summed E-state index contributed by atoms with van der Waals surface area (Å²) in [5.41, 5.74) is 0.886. The van der Waals surface area contributed by atoms with Gasteiger partial charge in [0.15, 0.2) is 5.13 Å². The minimum Gasteiger partial charge on any atom is -0.379 e. The van der Waals surface area contributed by atoms with Gasteiger partial charge < -0.3 is 15.0 Å². The Balaban J connectivity index is 1.57. The maximum atomic E-state index is 12.9. The van der Waals surface area contributed by atoms with Crippen LogP contribution in [0.3, 0.4) is 0 Å². The van der Waals surface area contributed by atoms with Gasteiger partial charge in [-0.05, 0) is 19.8 Å². The number of aryl methyl sites for hydroxylation is 1. The number of anilines is 1. The summed E-state index contributed by atoms with van der Waals surface area (Å²) in [5.74, 6) is 0.0310. The molecule has 1 aliphatic carbocycles. The first-order valence-corrected chi connectivity index (χ1v) is 10.3. The van der Waals surface area contributed by atoms with Gasteiger partial charge in [-0.3, -0.25) is 14.5 Å². The van der Waals surface area contributed by atoms with Crippen molar-refractivity contribution in [1.29, 1.82) is 0 Å². The Hall–Kier alpha value is -1.51. The second kappa shape index (κ2) is 9.43. The topological polar surface area (TPSA) is 74.8 Å². The predicted molar refractivity (Wildman–Crippen MR) is 101 cm³/mol. The van der Waals surface area contributed by atoms with E-state index < -0.39 is 0 Å². The van der Waals surface area contributed by atoms with Crippen LogP contribution in [-0.4, -0.2) is 72.5 Å². The zero-order chi connectivity index (χ0) is 18.4. The molecule has 0 aromatic carbocycles. The van der Waals surface area contributed by atoms with E-state index in [2.05, 4.69) is 15.2 Å². The number of nitrogens with one attached hydrogen (secondary N) is 1. The lowest BCUT2D eigenvalue weighted by Crippen LogP contribution is -2.46. The highest BCUT2D eigenvalue weighted by molar-refractivity contribution is 7.13. The molecule has 0 bridgehead atoms. The third-order valence-corrected chi connectivity index (χ3v) is 5.88. The van der Waals surface area contributed by atoms with Gasteiger partial charge in [0.2, 0.25) is 11.8 Å². The number of thiazole rings is 1. The molecule has 3 rings (SSSR count). The van der Waals surface area contributed by atoms with Gasteiger partial charge in [-0.25, -0.2) is 4.98 Å². The van der Waals surface area contributed by atoms with Crippen molar-refractivity contribution in [3.63, 3.8) is 0 Å². The molecule has 1 N–H and O–H groups in total. The molecule has 1 saturated carbocycles. The fraction of sp³-hybridized carbons (Fsp3) is 0.722. The Morgan fingerprint density at radius 1 is 1.35 bits per heavy atom. The first-order valence-electron chi connectivity index (χ1n) is 9.42.